The Morgan fingerprint density at radius 3 is 2.45 bits per heavy atom. The molecule has 0 unspecified atom stereocenters. The van der Waals surface area contributed by atoms with Crippen LogP contribution in [0.1, 0.15) is 41.1 Å². The highest BCUT2D eigenvalue weighted by Crippen LogP contribution is 2.51. The first kappa shape index (κ1) is 19.7. The Morgan fingerprint density at radius 1 is 1.10 bits per heavy atom. The molecule has 2 N–H and O–H groups in total. The predicted octanol–water partition coefficient (Wildman–Crippen LogP) is 2.34. The van der Waals surface area contributed by atoms with Gasteiger partial charge in [-0.15, -0.1) is 0 Å². The molecular weight excluding hydrogens is 390 g/mol. The second-order valence-corrected chi connectivity index (χ2v) is 8.50. The van der Waals surface area contributed by atoms with Crippen molar-refractivity contribution >= 4 is 5.91 Å². The SMILES string of the molecule is O=C([C@H](O)Cc1ccccc1)N1CCc2nc(C3(c4ccccc4)CC3)[nH]c(=O)c2C1. The smallest absolute Gasteiger partial charge is 0.256 e. The van der Waals surface area contributed by atoms with Gasteiger partial charge in [-0.1, -0.05) is 60.7 Å². The number of carbonyl (C=O) groups is 1. The number of hydrogen-bond donors (Lipinski definition) is 2. The maximum Gasteiger partial charge on any atom is 0.256 e. The molecular formula is C25H25N3O3. The molecule has 31 heavy (non-hydrogen) atoms. The first-order valence-corrected chi connectivity index (χ1v) is 10.8. The Labute approximate surface area is 180 Å². The number of carbonyl (C=O) groups excluding carboxylic acids is 1. The van der Waals surface area contributed by atoms with Gasteiger partial charge in [-0.25, -0.2) is 4.98 Å². The zero-order valence-electron chi connectivity index (χ0n) is 17.3. The third-order valence-electron chi connectivity index (χ3n) is 6.47. The summed E-state index contributed by atoms with van der Waals surface area (Å²) in [5, 5.41) is 10.4. The number of nitrogens with one attached hydrogen (secondary N) is 1. The second kappa shape index (κ2) is 7.78. The Hall–Kier alpha value is -3.25. The third-order valence-corrected chi connectivity index (χ3v) is 6.47. The number of aliphatic hydroxyl groups excluding tert-OH is 1. The Kier molecular flexibility index (Phi) is 4.94. The summed E-state index contributed by atoms with van der Waals surface area (Å²) in [6.45, 7) is 0.632. The summed E-state index contributed by atoms with van der Waals surface area (Å²) in [4.78, 5) is 35.1. The number of aromatic nitrogens is 2. The van der Waals surface area contributed by atoms with Crippen LogP contribution in [-0.2, 0) is 29.6 Å². The fourth-order valence-electron chi connectivity index (χ4n) is 4.52. The van der Waals surface area contributed by atoms with Crippen LogP contribution < -0.4 is 5.56 Å². The van der Waals surface area contributed by atoms with Gasteiger partial charge in [-0.2, -0.15) is 0 Å². The van der Waals surface area contributed by atoms with Gasteiger partial charge in [-0.3, -0.25) is 9.59 Å². The summed E-state index contributed by atoms with van der Waals surface area (Å²) in [7, 11) is 0. The molecule has 1 aliphatic carbocycles. The lowest BCUT2D eigenvalue weighted by atomic mass is 9.94. The molecule has 1 amide bonds. The van der Waals surface area contributed by atoms with E-state index < -0.39 is 6.10 Å². The van der Waals surface area contributed by atoms with Crippen LogP contribution in [0.15, 0.2) is 65.5 Å². The lowest BCUT2D eigenvalue weighted by Crippen LogP contribution is -2.45. The second-order valence-electron chi connectivity index (χ2n) is 8.50. The molecule has 1 aliphatic heterocycles. The average molecular weight is 415 g/mol. The monoisotopic (exact) mass is 415 g/mol. The molecule has 6 nitrogen and oxygen atoms in total. The van der Waals surface area contributed by atoms with E-state index in [9.17, 15) is 14.7 Å². The maximum atomic E-state index is 12.9. The maximum absolute atomic E-state index is 12.9. The minimum absolute atomic E-state index is 0.182. The van der Waals surface area contributed by atoms with E-state index in [4.69, 9.17) is 4.98 Å². The van der Waals surface area contributed by atoms with Crippen LogP contribution in [0.2, 0.25) is 0 Å². The third kappa shape index (κ3) is 3.68. The fourth-order valence-corrected chi connectivity index (χ4v) is 4.52. The molecule has 0 bridgehead atoms. The highest BCUT2D eigenvalue weighted by molar-refractivity contribution is 5.81. The molecule has 2 aliphatic rings. The first-order valence-electron chi connectivity index (χ1n) is 10.8. The number of aromatic amines is 1. The topological polar surface area (TPSA) is 86.3 Å². The number of H-pyrrole nitrogens is 1. The largest absolute Gasteiger partial charge is 0.383 e. The van der Waals surface area contributed by atoms with Gasteiger partial charge in [0.15, 0.2) is 0 Å². The Bertz CT molecular complexity index is 1150. The van der Waals surface area contributed by atoms with Gasteiger partial charge in [0, 0.05) is 19.4 Å². The zero-order valence-corrected chi connectivity index (χ0v) is 17.3. The van der Waals surface area contributed by atoms with Gasteiger partial charge in [0.05, 0.1) is 23.2 Å². The number of fused-ring (bicyclic) bond motifs is 1. The summed E-state index contributed by atoms with van der Waals surface area (Å²) in [5.74, 6) is 0.382. The quantitative estimate of drug-likeness (QED) is 0.670. The van der Waals surface area contributed by atoms with E-state index in [0.717, 1.165) is 29.9 Å². The number of rotatable bonds is 5. The molecule has 3 aromatic rings. The van der Waals surface area contributed by atoms with E-state index in [2.05, 4.69) is 17.1 Å². The molecule has 1 aromatic heterocycles. The Balaban J connectivity index is 1.35. The van der Waals surface area contributed by atoms with Crippen molar-refractivity contribution in [3.63, 3.8) is 0 Å². The van der Waals surface area contributed by atoms with Crippen molar-refractivity contribution in [3.8, 4) is 0 Å². The zero-order chi connectivity index (χ0) is 21.4. The molecule has 1 fully saturated rings. The number of nitrogens with zero attached hydrogens (tertiary/aromatic N) is 2. The molecule has 6 heteroatoms. The van der Waals surface area contributed by atoms with Gasteiger partial charge in [0.1, 0.15) is 11.9 Å². The number of hydrogen-bond acceptors (Lipinski definition) is 4. The van der Waals surface area contributed by atoms with Gasteiger partial charge < -0.3 is 15.0 Å². The minimum Gasteiger partial charge on any atom is -0.383 e. The van der Waals surface area contributed by atoms with Crippen molar-refractivity contribution in [1.82, 2.24) is 14.9 Å². The molecule has 0 radical (unpaired) electrons. The summed E-state index contributed by atoms with van der Waals surface area (Å²) >= 11 is 0. The van der Waals surface area contributed by atoms with Crippen LogP contribution in [0.4, 0.5) is 0 Å². The van der Waals surface area contributed by atoms with Crippen LogP contribution >= 0.6 is 0 Å². The summed E-state index contributed by atoms with van der Waals surface area (Å²) in [5.41, 5.74) is 2.99. The molecule has 5 rings (SSSR count). The van der Waals surface area contributed by atoms with Crippen molar-refractivity contribution in [2.24, 2.45) is 0 Å². The Morgan fingerprint density at radius 2 is 1.77 bits per heavy atom. The van der Waals surface area contributed by atoms with Crippen LogP contribution in [0.3, 0.4) is 0 Å². The summed E-state index contributed by atoms with van der Waals surface area (Å²) in [6.07, 6.45) is 1.59. The van der Waals surface area contributed by atoms with E-state index in [1.54, 1.807) is 4.90 Å². The first-order chi connectivity index (χ1) is 15.1. The number of benzene rings is 2. The van der Waals surface area contributed by atoms with Gasteiger partial charge in [-0.05, 0) is 24.0 Å². The van der Waals surface area contributed by atoms with E-state index in [0.29, 0.717) is 18.5 Å². The molecule has 2 aromatic carbocycles. The van der Waals surface area contributed by atoms with Crippen LogP contribution in [0, 0.1) is 0 Å². The average Bonchev–Trinajstić information content (AvgIpc) is 3.62. The van der Waals surface area contributed by atoms with Crippen LogP contribution in [0.25, 0.3) is 0 Å². The molecule has 1 atom stereocenters. The molecule has 2 heterocycles. The van der Waals surface area contributed by atoms with Crippen molar-refractivity contribution in [2.45, 2.75) is 43.7 Å². The van der Waals surface area contributed by atoms with Gasteiger partial charge >= 0.3 is 0 Å². The van der Waals surface area contributed by atoms with Gasteiger partial charge in [0.2, 0.25) is 0 Å². The minimum atomic E-state index is -1.12. The van der Waals surface area contributed by atoms with Crippen molar-refractivity contribution in [2.75, 3.05) is 6.54 Å². The standard InChI is InChI=1S/C25H25N3O3/c29-21(15-17-7-3-1-4-8-17)23(31)28-14-11-20-19(16-28)22(30)27-24(26-20)25(12-13-25)18-9-5-2-6-10-18/h1-10,21,29H,11-16H2,(H,26,27,30)/t21-/m1/s1. The summed E-state index contributed by atoms with van der Waals surface area (Å²) < 4.78 is 0. The normalized spacial score (nSPS) is 17.6. The van der Waals surface area contributed by atoms with Crippen molar-refractivity contribution in [3.05, 3.63) is 99.2 Å². The number of amides is 1. The van der Waals surface area contributed by atoms with Gasteiger partial charge in [0.25, 0.3) is 11.5 Å². The highest BCUT2D eigenvalue weighted by atomic mass is 16.3. The number of aliphatic hydroxyl groups is 1. The molecule has 0 spiro atoms. The van der Waals surface area contributed by atoms with Crippen molar-refractivity contribution < 1.29 is 9.90 Å². The van der Waals surface area contributed by atoms with E-state index >= 15 is 0 Å². The van der Waals surface area contributed by atoms with E-state index in [1.807, 2.05) is 48.5 Å². The van der Waals surface area contributed by atoms with E-state index in [1.165, 1.54) is 5.56 Å². The van der Waals surface area contributed by atoms with Crippen molar-refractivity contribution in [1.29, 1.82) is 0 Å². The predicted molar refractivity (Wildman–Crippen MR) is 117 cm³/mol. The van der Waals surface area contributed by atoms with Crippen LogP contribution in [-0.4, -0.2) is 38.5 Å². The molecule has 1 saturated carbocycles. The van der Waals surface area contributed by atoms with E-state index in [-0.39, 0.29) is 29.8 Å². The lowest BCUT2D eigenvalue weighted by molar-refractivity contribution is -0.141. The summed E-state index contributed by atoms with van der Waals surface area (Å²) in [6, 6.07) is 19.6. The lowest BCUT2D eigenvalue weighted by Gasteiger charge is -2.30. The molecule has 0 saturated heterocycles. The molecule has 158 valence electrons. The van der Waals surface area contributed by atoms with Crippen LogP contribution in [0.5, 0.6) is 0 Å². The highest BCUT2D eigenvalue weighted by Gasteiger charge is 2.48. The fraction of sp³-hybridized carbons (Fsp3) is 0.320.